The minimum absolute atomic E-state index is 0.129. The Morgan fingerprint density at radius 2 is 2.50 bits per heavy atom. The van der Waals surface area contributed by atoms with Gasteiger partial charge in [-0.25, -0.2) is 4.98 Å². The van der Waals surface area contributed by atoms with Crippen molar-refractivity contribution in [2.24, 2.45) is 0 Å². The second kappa shape index (κ2) is 4.90. The molecule has 1 atom stereocenters. The van der Waals surface area contributed by atoms with Crippen LogP contribution in [0.4, 0.5) is 0 Å². The molecule has 1 aromatic rings. The summed E-state index contributed by atoms with van der Waals surface area (Å²) < 4.78 is 1.95. The first-order valence-electron chi connectivity index (χ1n) is 4.16. The largest absolute Gasteiger partial charge is 0.395 e. The first-order chi connectivity index (χ1) is 5.86. The van der Waals surface area contributed by atoms with Gasteiger partial charge in [-0.3, -0.25) is 0 Å². The van der Waals surface area contributed by atoms with E-state index in [-0.39, 0.29) is 12.6 Å². The fourth-order valence-electron chi connectivity index (χ4n) is 1.12. The van der Waals surface area contributed by atoms with E-state index >= 15 is 0 Å². The van der Waals surface area contributed by atoms with Crippen molar-refractivity contribution < 1.29 is 5.11 Å². The summed E-state index contributed by atoms with van der Waals surface area (Å²) in [6.45, 7) is 3.83. The number of likely N-dealkylation sites (N-methyl/N-ethyl adjacent to an activating group) is 1. The molecule has 0 aliphatic carbocycles. The Kier molecular flexibility index (Phi) is 3.76. The Bertz CT molecular complexity index is 198. The molecule has 4 heteroatoms. The molecule has 0 saturated heterocycles. The van der Waals surface area contributed by atoms with Crippen LogP contribution in [0.15, 0.2) is 18.7 Å². The van der Waals surface area contributed by atoms with Crippen molar-refractivity contribution >= 4 is 0 Å². The van der Waals surface area contributed by atoms with Crippen molar-refractivity contribution in [3.63, 3.8) is 0 Å². The third-order valence-corrected chi connectivity index (χ3v) is 1.70. The van der Waals surface area contributed by atoms with Gasteiger partial charge in [0.05, 0.1) is 12.9 Å². The first kappa shape index (κ1) is 9.22. The molecular weight excluding hydrogens is 154 g/mol. The van der Waals surface area contributed by atoms with Crippen molar-refractivity contribution in [1.82, 2.24) is 14.9 Å². The van der Waals surface area contributed by atoms with Crippen molar-refractivity contribution in [2.75, 3.05) is 13.2 Å². The Morgan fingerprint density at radius 1 is 1.67 bits per heavy atom. The van der Waals surface area contributed by atoms with Crippen LogP contribution in [0.5, 0.6) is 0 Å². The Hall–Kier alpha value is -0.870. The van der Waals surface area contributed by atoms with Crippen molar-refractivity contribution in [2.45, 2.75) is 19.5 Å². The standard InChI is InChI=1S/C8H15N3O/c1-2-10-8(6-12)5-11-4-3-9-7-11/h3-4,7-8,10,12H,2,5-6H2,1H3. The number of imidazole rings is 1. The molecular formula is C8H15N3O. The molecule has 0 saturated carbocycles. The number of hydrogen-bond acceptors (Lipinski definition) is 3. The molecule has 0 aliphatic rings. The van der Waals surface area contributed by atoms with Gasteiger partial charge in [0.2, 0.25) is 0 Å². The highest BCUT2D eigenvalue weighted by Crippen LogP contribution is 1.91. The number of nitrogens with zero attached hydrogens (tertiary/aromatic N) is 2. The average Bonchev–Trinajstić information content (AvgIpc) is 2.56. The second-order valence-corrected chi connectivity index (χ2v) is 2.70. The zero-order valence-electron chi connectivity index (χ0n) is 7.27. The molecule has 0 bridgehead atoms. The van der Waals surface area contributed by atoms with Crippen LogP contribution in [0.3, 0.4) is 0 Å². The van der Waals surface area contributed by atoms with Gasteiger partial charge in [-0.2, -0.15) is 0 Å². The van der Waals surface area contributed by atoms with E-state index in [1.54, 1.807) is 12.5 Å². The van der Waals surface area contributed by atoms with E-state index in [9.17, 15) is 0 Å². The smallest absolute Gasteiger partial charge is 0.0946 e. The predicted octanol–water partition coefficient (Wildman–Crippen LogP) is -0.147. The van der Waals surface area contributed by atoms with Crippen LogP contribution in [0.25, 0.3) is 0 Å². The van der Waals surface area contributed by atoms with E-state index in [1.165, 1.54) is 0 Å². The van der Waals surface area contributed by atoms with Crippen LogP contribution < -0.4 is 5.32 Å². The van der Waals surface area contributed by atoms with Crippen molar-refractivity contribution in [1.29, 1.82) is 0 Å². The molecule has 0 aliphatic heterocycles. The van der Waals surface area contributed by atoms with Gasteiger partial charge in [-0.1, -0.05) is 6.92 Å². The van der Waals surface area contributed by atoms with Crippen LogP contribution in [-0.2, 0) is 6.54 Å². The summed E-state index contributed by atoms with van der Waals surface area (Å²) in [5.41, 5.74) is 0. The number of aromatic nitrogens is 2. The van der Waals surface area contributed by atoms with E-state index in [2.05, 4.69) is 10.3 Å². The van der Waals surface area contributed by atoms with E-state index in [1.807, 2.05) is 17.7 Å². The predicted molar refractivity (Wildman–Crippen MR) is 46.8 cm³/mol. The van der Waals surface area contributed by atoms with Gasteiger partial charge in [0, 0.05) is 25.0 Å². The highest BCUT2D eigenvalue weighted by Gasteiger charge is 2.04. The zero-order valence-corrected chi connectivity index (χ0v) is 7.27. The Morgan fingerprint density at radius 3 is 3.00 bits per heavy atom. The second-order valence-electron chi connectivity index (χ2n) is 2.70. The van der Waals surface area contributed by atoms with Gasteiger partial charge in [0.15, 0.2) is 0 Å². The quantitative estimate of drug-likeness (QED) is 0.644. The van der Waals surface area contributed by atoms with Gasteiger partial charge in [-0.05, 0) is 6.54 Å². The minimum atomic E-state index is 0.129. The number of nitrogens with one attached hydrogen (secondary N) is 1. The van der Waals surface area contributed by atoms with Crippen molar-refractivity contribution in [3.05, 3.63) is 18.7 Å². The highest BCUT2D eigenvalue weighted by molar-refractivity contribution is 4.77. The lowest BCUT2D eigenvalue weighted by molar-refractivity contribution is 0.230. The van der Waals surface area contributed by atoms with Crippen LogP contribution in [0.2, 0.25) is 0 Å². The summed E-state index contributed by atoms with van der Waals surface area (Å²) in [6.07, 6.45) is 5.38. The summed E-state index contributed by atoms with van der Waals surface area (Å²) >= 11 is 0. The molecule has 4 nitrogen and oxygen atoms in total. The lowest BCUT2D eigenvalue weighted by Gasteiger charge is -2.14. The zero-order chi connectivity index (χ0) is 8.81. The van der Waals surface area contributed by atoms with Crippen LogP contribution in [-0.4, -0.2) is 33.9 Å². The summed E-state index contributed by atoms with van der Waals surface area (Å²) in [5, 5.41) is 12.1. The van der Waals surface area contributed by atoms with Gasteiger partial charge >= 0.3 is 0 Å². The van der Waals surface area contributed by atoms with Crippen LogP contribution >= 0.6 is 0 Å². The maximum Gasteiger partial charge on any atom is 0.0946 e. The van der Waals surface area contributed by atoms with Crippen molar-refractivity contribution in [3.8, 4) is 0 Å². The van der Waals surface area contributed by atoms with Gasteiger partial charge in [0.1, 0.15) is 0 Å². The molecule has 0 fully saturated rings. The third-order valence-electron chi connectivity index (χ3n) is 1.70. The van der Waals surface area contributed by atoms with E-state index in [0.29, 0.717) is 0 Å². The monoisotopic (exact) mass is 169 g/mol. The first-order valence-corrected chi connectivity index (χ1v) is 4.16. The molecule has 1 rings (SSSR count). The molecule has 2 N–H and O–H groups in total. The van der Waals surface area contributed by atoms with Crippen LogP contribution in [0, 0.1) is 0 Å². The van der Waals surface area contributed by atoms with E-state index in [0.717, 1.165) is 13.1 Å². The van der Waals surface area contributed by atoms with E-state index in [4.69, 9.17) is 5.11 Å². The SMILES string of the molecule is CCNC(CO)Cn1ccnc1. The number of aliphatic hydroxyl groups is 1. The van der Waals surface area contributed by atoms with E-state index < -0.39 is 0 Å². The molecule has 0 amide bonds. The van der Waals surface area contributed by atoms with Crippen LogP contribution in [0.1, 0.15) is 6.92 Å². The molecule has 0 spiro atoms. The normalized spacial score (nSPS) is 13.2. The number of hydrogen-bond donors (Lipinski definition) is 2. The van der Waals surface area contributed by atoms with Gasteiger partial charge in [-0.15, -0.1) is 0 Å². The topological polar surface area (TPSA) is 50.1 Å². The Balaban J connectivity index is 2.37. The van der Waals surface area contributed by atoms with Gasteiger partial charge in [0.25, 0.3) is 0 Å². The maximum atomic E-state index is 8.96. The number of rotatable bonds is 5. The van der Waals surface area contributed by atoms with Gasteiger partial charge < -0.3 is 15.0 Å². The molecule has 12 heavy (non-hydrogen) atoms. The average molecular weight is 169 g/mol. The fourth-order valence-corrected chi connectivity index (χ4v) is 1.12. The summed E-state index contributed by atoms with van der Waals surface area (Å²) in [6, 6.07) is 0.129. The lowest BCUT2D eigenvalue weighted by atomic mass is 10.3. The number of aliphatic hydroxyl groups excluding tert-OH is 1. The Labute approximate surface area is 72.2 Å². The molecule has 0 aromatic carbocycles. The molecule has 1 heterocycles. The molecule has 68 valence electrons. The minimum Gasteiger partial charge on any atom is -0.395 e. The summed E-state index contributed by atoms with van der Waals surface area (Å²) in [5.74, 6) is 0. The molecule has 0 radical (unpaired) electrons. The third kappa shape index (κ3) is 2.64. The molecule has 1 unspecified atom stereocenters. The molecule has 1 aromatic heterocycles. The summed E-state index contributed by atoms with van der Waals surface area (Å²) in [7, 11) is 0. The maximum absolute atomic E-state index is 8.96. The highest BCUT2D eigenvalue weighted by atomic mass is 16.3. The lowest BCUT2D eigenvalue weighted by Crippen LogP contribution is -2.35. The summed E-state index contributed by atoms with van der Waals surface area (Å²) in [4.78, 5) is 3.92. The fraction of sp³-hybridized carbons (Fsp3) is 0.625.